The third kappa shape index (κ3) is 5.70. The first kappa shape index (κ1) is 28.5. The summed E-state index contributed by atoms with van der Waals surface area (Å²) in [5.74, 6) is 0.595. The van der Waals surface area contributed by atoms with Crippen LogP contribution >= 0.6 is 0 Å². The lowest BCUT2D eigenvalue weighted by molar-refractivity contribution is -0.274. The van der Waals surface area contributed by atoms with Crippen molar-refractivity contribution in [3.8, 4) is 11.8 Å². The second-order valence-corrected chi connectivity index (χ2v) is 12.3. The number of aliphatic hydroxyl groups is 1. The molecule has 5 fully saturated rings. The van der Waals surface area contributed by atoms with Crippen molar-refractivity contribution >= 4 is 17.7 Å². The molecule has 3 unspecified atom stereocenters. The lowest BCUT2D eigenvalue weighted by atomic mass is 9.47. The quantitative estimate of drug-likeness (QED) is 0.341. The summed E-state index contributed by atoms with van der Waals surface area (Å²) >= 11 is 0. The first-order chi connectivity index (χ1) is 20.0. The van der Waals surface area contributed by atoms with Gasteiger partial charge in [0.05, 0.1) is 12.3 Å². The number of aliphatic carboxylic acids is 1. The zero-order valence-electron chi connectivity index (χ0n) is 22.8. The van der Waals surface area contributed by atoms with E-state index in [9.17, 15) is 33.4 Å². The van der Waals surface area contributed by atoms with Crippen molar-refractivity contribution in [2.75, 3.05) is 23.7 Å². The van der Waals surface area contributed by atoms with Crippen LogP contribution in [0.1, 0.15) is 49.7 Å². The van der Waals surface area contributed by atoms with Crippen LogP contribution in [-0.4, -0.2) is 68.7 Å². The number of β-amino-alcohol motifs (C(OH)–C–C–N with tert-alkyl or cyclic N) is 1. The first-order valence-corrected chi connectivity index (χ1v) is 14.3. The average Bonchev–Trinajstić information content (AvgIpc) is 3.31. The SMILES string of the molecule is N#Cc1cnc(NCc2ccccc2OC(F)(F)F)nc1NC[C@]12CC3C[C@H](C1)C(N1C[C@H](O)CC1C(=O)O)[C@@H](C3)C2. The molecule has 5 aliphatic rings. The summed E-state index contributed by atoms with van der Waals surface area (Å²) in [6, 6.07) is 7.43. The lowest BCUT2D eigenvalue weighted by Crippen LogP contribution is -2.62. The number of hydrogen-bond donors (Lipinski definition) is 4. The average molecular weight is 587 g/mol. The van der Waals surface area contributed by atoms with Gasteiger partial charge in [0.25, 0.3) is 0 Å². The number of alkyl halides is 3. The molecule has 2 aromatic rings. The van der Waals surface area contributed by atoms with Crippen molar-refractivity contribution in [1.29, 1.82) is 5.26 Å². The van der Waals surface area contributed by atoms with Crippen molar-refractivity contribution in [3.63, 3.8) is 0 Å². The Bertz CT molecular complexity index is 1370. The summed E-state index contributed by atoms with van der Waals surface area (Å²) in [5.41, 5.74) is 0.527. The first-order valence-electron chi connectivity index (χ1n) is 14.3. The minimum Gasteiger partial charge on any atom is -0.480 e. The Hall–Kier alpha value is -3.63. The number of aliphatic hydroxyl groups excluding tert-OH is 1. The van der Waals surface area contributed by atoms with Gasteiger partial charge in [0, 0.05) is 37.7 Å². The number of carbonyl (C=O) groups is 1. The maximum atomic E-state index is 12.8. The van der Waals surface area contributed by atoms with Gasteiger partial charge in [-0.1, -0.05) is 18.2 Å². The van der Waals surface area contributed by atoms with Gasteiger partial charge in [0.1, 0.15) is 29.2 Å². The van der Waals surface area contributed by atoms with Crippen LogP contribution in [-0.2, 0) is 11.3 Å². The standard InChI is InChI=1S/C29H33F3N6O4/c30-29(31,32)42-23-4-2-1-3-17(23)12-34-27-35-13-20(11-33)25(37-27)36-15-28-8-16-5-18(9-28)24(19(6-16)10-28)38-14-21(39)7-22(38)26(40)41/h1-4,13,16,18-19,21-22,24,39H,5-10,12,14-15H2,(H,40,41)(H2,34,35,36,37)/t16?,18-,19+,21-,22?,24?,28-/m1/s1. The van der Waals surface area contributed by atoms with E-state index in [1.54, 1.807) is 6.07 Å². The van der Waals surface area contributed by atoms with Gasteiger partial charge in [0.15, 0.2) is 0 Å². The normalized spacial score (nSPS) is 32.0. The van der Waals surface area contributed by atoms with Crippen LogP contribution in [0, 0.1) is 34.5 Å². The highest BCUT2D eigenvalue weighted by Gasteiger charge is 2.58. The van der Waals surface area contributed by atoms with Gasteiger partial charge in [-0.15, -0.1) is 13.2 Å². The fraction of sp³-hybridized carbons (Fsp3) is 0.586. The molecule has 13 heteroatoms. The zero-order valence-corrected chi connectivity index (χ0v) is 22.8. The number of nitrogens with one attached hydrogen (secondary N) is 2. The highest BCUT2D eigenvalue weighted by Crippen LogP contribution is 2.61. The van der Waals surface area contributed by atoms with E-state index < -0.39 is 24.5 Å². The maximum Gasteiger partial charge on any atom is 0.573 e. The minimum absolute atomic E-state index is 0.0107. The number of carboxylic acids is 1. The lowest BCUT2D eigenvalue weighted by Gasteiger charge is -2.62. The number of benzene rings is 1. The topological polar surface area (TPSA) is 144 Å². The smallest absolute Gasteiger partial charge is 0.480 e. The van der Waals surface area contributed by atoms with E-state index in [2.05, 4.69) is 36.3 Å². The number of carboxylic acid groups (broad SMARTS) is 1. The third-order valence-electron chi connectivity index (χ3n) is 9.51. The summed E-state index contributed by atoms with van der Waals surface area (Å²) in [4.78, 5) is 22.6. The molecule has 1 saturated heterocycles. The maximum absolute atomic E-state index is 12.8. The highest BCUT2D eigenvalue weighted by molar-refractivity contribution is 5.74. The van der Waals surface area contributed by atoms with Crippen molar-refractivity contribution < 1.29 is 32.9 Å². The van der Waals surface area contributed by atoms with Gasteiger partial charge < -0.3 is 25.6 Å². The predicted molar refractivity (Wildman–Crippen MR) is 144 cm³/mol. The number of nitrogens with zero attached hydrogens (tertiary/aromatic N) is 4. The Labute approximate surface area is 240 Å². The second-order valence-electron chi connectivity index (χ2n) is 12.3. The molecular weight excluding hydrogens is 553 g/mol. The molecule has 0 spiro atoms. The number of hydrogen-bond acceptors (Lipinski definition) is 9. The van der Waals surface area contributed by atoms with Crippen molar-refractivity contribution in [1.82, 2.24) is 14.9 Å². The van der Waals surface area contributed by atoms with E-state index in [-0.39, 0.29) is 47.2 Å². The van der Waals surface area contributed by atoms with E-state index in [1.807, 2.05) is 0 Å². The Morgan fingerprint density at radius 2 is 1.90 bits per heavy atom. The molecule has 42 heavy (non-hydrogen) atoms. The molecule has 0 radical (unpaired) electrons. The van der Waals surface area contributed by atoms with Crippen LogP contribution in [0.2, 0.25) is 0 Å². The number of rotatable bonds is 9. The summed E-state index contributed by atoms with van der Waals surface area (Å²) < 4.78 is 42.5. The Kier molecular flexibility index (Phi) is 7.39. The Morgan fingerprint density at radius 1 is 1.17 bits per heavy atom. The molecular formula is C29H33F3N6O4. The van der Waals surface area contributed by atoms with Gasteiger partial charge in [-0.2, -0.15) is 10.2 Å². The highest BCUT2D eigenvalue weighted by atomic mass is 19.4. The van der Waals surface area contributed by atoms with Crippen molar-refractivity contribution in [2.24, 2.45) is 23.2 Å². The molecule has 2 heterocycles. The van der Waals surface area contributed by atoms with Gasteiger partial charge in [-0.3, -0.25) is 9.69 Å². The van der Waals surface area contributed by atoms with E-state index in [0.717, 1.165) is 32.1 Å². The monoisotopic (exact) mass is 586 g/mol. The molecule has 1 aliphatic heterocycles. The van der Waals surface area contributed by atoms with E-state index >= 15 is 0 Å². The Morgan fingerprint density at radius 3 is 2.60 bits per heavy atom. The largest absolute Gasteiger partial charge is 0.573 e. The van der Waals surface area contributed by atoms with Gasteiger partial charge in [-0.05, 0) is 61.3 Å². The molecule has 224 valence electrons. The van der Waals surface area contributed by atoms with E-state index in [4.69, 9.17) is 0 Å². The van der Waals surface area contributed by atoms with Crippen LogP contribution in [0.25, 0.3) is 0 Å². The number of nitriles is 1. The molecule has 4 bridgehead atoms. The van der Waals surface area contributed by atoms with Crippen molar-refractivity contribution in [3.05, 3.63) is 41.6 Å². The molecule has 7 rings (SSSR count). The zero-order chi connectivity index (χ0) is 29.6. The van der Waals surface area contributed by atoms with Crippen LogP contribution in [0.5, 0.6) is 5.75 Å². The number of anilines is 2. The van der Waals surface area contributed by atoms with Gasteiger partial charge in [-0.25, -0.2) is 4.98 Å². The number of aromatic nitrogens is 2. The van der Waals surface area contributed by atoms with Gasteiger partial charge >= 0.3 is 12.3 Å². The Balaban J connectivity index is 1.14. The number of ether oxygens (including phenoxy) is 1. The number of halogens is 3. The fourth-order valence-corrected chi connectivity index (χ4v) is 8.34. The van der Waals surface area contributed by atoms with Gasteiger partial charge in [0.2, 0.25) is 5.95 Å². The molecule has 4 N–H and O–H groups in total. The van der Waals surface area contributed by atoms with Crippen molar-refractivity contribution in [2.45, 2.75) is 69.6 Å². The molecule has 4 aliphatic carbocycles. The number of para-hydroxylation sites is 1. The predicted octanol–water partition coefficient (Wildman–Crippen LogP) is 3.99. The van der Waals surface area contributed by atoms with E-state index in [1.165, 1.54) is 24.4 Å². The second kappa shape index (κ2) is 10.9. The van der Waals surface area contributed by atoms with E-state index in [0.29, 0.717) is 36.7 Å². The molecule has 7 atom stereocenters. The number of likely N-dealkylation sites (tertiary alicyclic amines) is 1. The van der Waals surface area contributed by atoms with Crippen LogP contribution in [0.4, 0.5) is 24.9 Å². The fourth-order valence-electron chi connectivity index (χ4n) is 8.34. The van der Waals surface area contributed by atoms with Crippen LogP contribution in [0.15, 0.2) is 30.5 Å². The molecule has 10 nitrogen and oxygen atoms in total. The third-order valence-corrected chi connectivity index (χ3v) is 9.51. The van der Waals surface area contributed by atoms with Crippen LogP contribution in [0.3, 0.4) is 0 Å². The summed E-state index contributed by atoms with van der Waals surface area (Å²) in [6.45, 7) is 0.984. The summed E-state index contributed by atoms with van der Waals surface area (Å²) in [7, 11) is 0. The minimum atomic E-state index is -4.82. The van der Waals surface area contributed by atoms with Crippen LogP contribution < -0.4 is 15.4 Å². The molecule has 1 aromatic carbocycles. The summed E-state index contributed by atoms with van der Waals surface area (Å²) in [6.07, 6.45) is 1.27. The molecule has 1 aromatic heterocycles. The summed E-state index contributed by atoms with van der Waals surface area (Å²) in [5, 5.41) is 36.1. The molecule has 4 saturated carbocycles. The molecule has 0 amide bonds.